The number of rotatable bonds is 4. The molecule has 21 heavy (non-hydrogen) atoms. The van der Waals surface area contributed by atoms with Crippen LogP contribution in [0.4, 0.5) is 5.69 Å². The number of benzene rings is 1. The van der Waals surface area contributed by atoms with Gasteiger partial charge in [0.25, 0.3) is 11.6 Å². The molecule has 0 bridgehead atoms. The molecule has 0 saturated carbocycles. The third-order valence-electron chi connectivity index (χ3n) is 3.39. The van der Waals surface area contributed by atoms with Crippen LogP contribution in [0, 0.1) is 10.1 Å². The molecule has 0 fully saturated rings. The molecule has 0 saturated heterocycles. The predicted molar refractivity (Wildman–Crippen MR) is 76.1 cm³/mol. The molecule has 0 radical (unpaired) electrons. The summed E-state index contributed by atoms with van der Waals surface area (Å²) in [6, 6.07) is 7.51. The number of carbonyl (C=O) groups is 1. The largest absolute Gasteiger partial charge is 0.508 e. The van der Waals surface area contributed by atoms with Crippen molar-refractivity contribution in [3.8, 4) is 5.75 Å². The molecule has 2 rings (SSSR count). The molecule has 1 aromatic carbocycles. The molecular formula is C14H15N3O4. The van der Waals surface area contributed by atoms with Gasteiger partial charge < -0.3 is 15.0 Å². The topological polar surface area (TPSA) is 99.5 Å². The van der Waals surface area contributed by atoms with Crippen molar-refractivity contribution in [1.29, 1.82) is 0 Å². The molecule has 1 unspecified atom stereocenters. The smallest absolute Gasteiger partial charge is 0.287 e. The van der Waals surface area contributed by atoms with E-state index in [1.807, 2.05) is 6.92 Å². The number of H-pyrrole nitrogens is 1. The average molecular weight is 289 g/mol. The molecule has 1 amide bonds. The third kappa shape index (κ3) is 3.02. The monoisotopic (exact) mass is 289 g/mol. The Labute approximate surface area is 121 Å². The lowest BCUT2D eigenvalue weighted by Gasteiger charge is -2.24. The molecule has 0 aliphatic rings. The summed E-state index contributed by atoms with van der Waals surface area (Å²) in [4.78, 5) is 26.4. The number of amides is 1. The number of nitrogens with one attached hydrogen (secondary N) is 1. The number of aromatic amines is 1. The Morgan fingerprint density at radius 3 is 2.52 bits per heavy atom. The maximum absolute atomic E-state index is 12.3. The van der Waals surface area contributed by atoms with E-state index in [1.54, 1.807) is 31.3 Å². The summed E-state index contributed by atoms with van der Waals surface area (Å²) in [5.41, 5.74) is 0.864. The van der Waals surface area contributed by atoms with Gasteiger partial charge in [0.05, 0.1) is 17.2 Å². The highest BCUT2D eigenvalue weighted by Gasteiger charge is 2.22. The van der Waals surface area contributed by atoms with Crippen molar-refractivity contribution >= 4 is 11.6 Å². The average Bonchev–Trinajstić information content (AvgIpc) is 2.96. The zero-order valence-electron chi connectivity index (χ0n) is 11.6. The van der Waals surface area contributed by atoms with Crippen LogP contribution in [0.15, 0.2) is 36.5 Å². The number of nitrogens with zero attached hydrogens (tertiary/aromatic N) is 2. The first-order valence-corrected chi connectivity index (χ1v) is 6.29. The highest BCUT2D eigenvalue weighted by atomic mass is 16.6. The summed E-state index contributed by atoms with van der Waals surface area (Å²) >= 11 is 0. The minimum Gasteiger partial charge on any atom is -0.508 e. The molecule has 1 atom stereocenters. The van der Waals surface area contributed by atoms with Crippen molar-refractivity contribution < 1.29 is 14.8 Å². The first-order valence-electron chi connectivity index (χ1n) is 6.29. The van der Waals surface area contributed by atoms with E-state index in [9.17, 15) is 20.0 Å². The van der Waals surface area contributed by atoms with E-state index < -0.39 is 4.92 Å². The summed E-state index contributed by atoms with van der Waals surface area (Å²) in [5, 5.41) is 19.9. The predicted octanol–water partition coefficient (Wildman–Crippen LogP) is 2.46. The second kappa shape index (κ2) is 5.66. The van der Waals surface area contributed by atoms with Gasteiger partial charge in [0.2, 0.25) is 0 Å². The fraction of sp³-hybridized carbons (Fsp3) is 0.214. The van der Waals surface area contributed by atoms with E-state index in [0.29, 0.717) is 0 Å². The van der Waals surface area contributed by atoms with Crippen LogP contribution in [0.5, 0.6) is 5.75 Å². The number of phenols is 1. The van der Waals surface area contributed by atoms with E-state index in [1.165, 1.54) is 17.2 Å². The highest BCUT2D eigenvalue weighted by Crippen LogP contribution is 2.23. The van der Waals surface area contributed by atoms with Crippen LogP contribution in [0.3, 0.4) is 0 Å². The van der Waals surface area contributed by atoms with Crippen LogP contribution in [-0.4, -0.2) is 32.9 Å². The number of nitro groups is 1. The van der Waals surface area contributed by atoms with E-state index >= 15 is 0 Å². The van der Waals surface area contributed by atoms with Crippen molar-refractivity contribution in [2.75, 3.05) is 7.05 Å². The van der Waals surface area contributed by atoms with Gasteiger partial charge in [0, 0.05) is 13.1 Å². The Kier molecular flexibility index (Phi) is 3.93. The summed E-state index contributed by atoms with van der Waals surface area (Å²) in [6.07, 6.45) is 1.19. The van der Waals surface area contributed by atoms with Crippen molar-refractivity contribution in [3.05, 3.63) is 57.9 Å². The van der Waals surface area contributed by atoms with Crippen LogP contribution >= 0.6 is 0 Å². The van der Waals surface area contributed by atoms with Crippen LogP contribution < -0.4 is 0 Å². The second-order valence-corrected chi connectivity index (χ2v) is 4.71. The van der Waals surface area contributed by atoms with Gasteiger partial charge in [-0.1, -0.05) is 12.1 Å². The molecule has 7 heteroatoms. The Morgan fingerprint density at radius 2 is 2.00 bits per heavy atom. The Hall–Kier alpha value is -2.83. The van der Waals surface area contributed by atoms with Gasteiger partial charge >= 0.3 is 0 Å². The molecular weight excluding hydrogens is 274 g/mol. The molecule has 0 aliphatic carbocycles. The van der Waals surface area contributed by atoms with Gasteiger partial charge in [-0.05, 0) is 24.6 Å². The first-order chi connectivity index (χ1) is 9.90. The molecule has 7 nitrogen and oxygen atoms in total. The Balaban J connectivity index is 2.17. The zero-order valence-corrected chi connectivity index (χ0v) is 11.6. The summed E-state index contributed by atoms with van der Waals surface area (Å²) in [7, 11) is 1.62. The summed E-state index contributed by atoms with van der Waals surface area (Å²) < 4.78 is 0. The lowest BCUT2D eigenvalue weighted by molar-refractivity contribution is -0.384. The SMILES string of the molecule is CC(c1ccc(O)cc1)N(C)C(=O)c1cc([N+](=O)[O-])c[nH]1. The lowest BCUT2D eigenvalue weighted by Crippen LogP contribution is -2.29. The summed E-state index contributed by atoms with van der Waals surface area (Å²) in [6.45, 7) is 1.83. The fourth-order valence-corrected chi connectivity index (χ4v) is 1.95. The normalized spacial score (nSPS) is 11.9. The minimum atomic E-state index is -0.559. The van der Waals surface area contributed by atoms with Gasteiger partial charge in [-0.15, -0.1) is 0 Å². The number of phenolic OH excluding ortho intramolecular Hbond substituents is 1. The van der Waals surface area contributed by atoms with E-state index in [0.717, 1.165) is 5.56 Å². The maximum Gasteiger partial charge on any atom is 0.287 e. The van der Waals surface area contributed by atoms with E-state index in [4.69, 9.17) is 0 Å². The van der Waals surface area contributed by atoms with Crippen molar-refractivity contribution in [3.63, 3.8) is 0 Å². The van der Waals surface area contributed by atoms with E-state index in [2.05, 4.69) is 4.98 Å². The molecule has 1 heterocycles. The standard InChI is InChI=1S/C14H15N3O4/c1-9(10-3-5-12(18)6-4-10)16(2)14(19)13-7-11(8-15-13)17(20)21/h3-9,15,18H,1-2H3. The van der Waals surface area contributed by atoms with Crippen LogP contribution in [0.1, 0.15) is 29.0 Å². The second-order valence-electron chi connectivity index (χ2n) is 4.71. The lowest BCUT2D eigenvalue weighted by atomic mass is 10.1. The third-order valence-corrected chi connectivity index (χ3v) is 3.39. The number of carbonyl (C=O) groups excluding carboxylic acids is 1. The quantitative estimate of drug-likeness (QED) is 0.667. The molecule has 0 aliphatic heterocycles. The Bertz CT molecular complexity index is 663. The number of hydrogen-bond acceptors (Lipinski definition) is 4. The maximum atomic E-state index is 12.3. The molecule has 0 spiro atoms. The first kappa shape index (κ1) is 14.6. The van der Waals surface area contributed by atoms with Crippen LogP contribution in [-0.2, 0) is 0 Å². The van der Waals surface area contributed by atoms with Crippen molar-refractivity contribution in [2.45, 2.75) is 13.0 Å². The fourth-order valence-electron chi connectivity index (χ4n) is 1.95. The van der Waals surface area contributed by atoms with Gasteiger partial charge in [0.15, 0.2) is 0 Å². The molecule has 2 aromatic rings. The molecule has 1 aromatic heterocycles. The van der Waals surface area contributed by atoms with Gasteiger partial charge in [-0.3, -0.25) is 14.9 Å². The zero-order chi connectivity index (χ0) is 15.6. The van der Waals surface area contributed by atoms with Crippen molar-refractivity contribution in [1.82, 2.24) is 9.88 Å². The Morgan fingerprint density at radius 1 is 1.38 bits per heavy atom. The minimum absolute atomic E-state index is 0.149. The van der Waals surface area contributed by atoms with Gasteiger partial charge in [-0.25, -0.2) is 0 Å². The van der Waals surface area contributed by atoms with Gasteiger partial charge in [0.1, 0.15) is 11.4 Å². The number of aromatic hydroxyl groups is 1. The van der Waals surface area contributed by atoms with Crippen LogP contribution in [0.25, 0.3) is 0 Å². The highest BCUT2D eigenvalue weighted by molar-refractivity contribution is 5.93. The van der Waals surface area contributed by atoms with E-state index in [-0.39, 0.29) is 29.1 Å². The molecule has 2 N–H and O–H groups in total. The number of aromatic nitrogens is 1. The number of hydrogen-bond donors (Lipinski definition) is 2. The van der Waals surface area contributed by atoms with Crippen molar-refractivity contribution in [2.24, 2.45) is 0 Å². The van der Waals surface area contributed by atoms with Crippen LogP contribution in [0.2, 0.25) is 0 Å². The van der Waals surface area contributed by atoms with Gasteiger partial charge in [-0.2, -0.15) is 0 Å². The summed E-state index contributed by atoms with van der Waals surface area (Å²) in [5.74, 6) is -0.191. The molecule has 110 valence electrons.